The topological polar surface area (TPSA) is 49.4 Å². The van der Waals surface area contributed by atoms with Crippen LogP contribution in [-0.4, -0.2) is 28.8 Å². The van der Waals surface area contributed by atoms with Crippen molar-refractivity contribution in [2.24, 2.45) is 0 Å². The van der Waals surface area contributed by atoms with E-state index in [1.807, 2.05) is 32.9 Å². The highest BCUT2D eigenvalue weighted by molar-refractivity contribution is 6.36. The van der Waals surface area contributed by atoms with Gasteiger partial charge in [0.25, 0.3) is 0 Å². The molecule has 2 unspecified atom stereocenters. The van der Waals surface area contributed by atoms with Crippen LogP contribution in [0.1, 0.15) is 44.7 Å². The third kappa shape index (κ3) is 6.63. The Morgan fingerprint density at radius 1 is 0.967 bits per heavy atom. The fourth-order valence-corrected chi connectivity index (χ4v) is 3.76. The number of hydrogen-bond donors (Lipinski definition) is 1. The highest BCUT2D eigenvalue weighted by Gasteiger charge is 2.30. The number of amides is 2. The molecule has 0 aliphatic heterocycles. The van der Waals surface area contributed by atoms with E-state index in [2.05, 4.69) is 5.32 Å². The van der Waals surface area contributed by atoms with Gasteiger partial charge >= 0.3 is 0 Å². The predicted octanol–water partition coefficient (Wildman–Crippen LogP) is 5.91. The smallest absolute Gasteiger partial charge is 0.243 e. The van der Waals surface area contributed by atoms with Crippen molar-refractivity contribution < 1.29 is 9.59 Å². The molecule has 0 aliphatic carbocycles. The van der Waals surface area contributed by atoms with Crippen LogP contribution in [0.2, 0.25) is 15.1 Å². The lowest BCUT2D eigenvalue weighted by Gasteiger charge is -2.31. The van der Waals surface area contributed by atoms with Gasteiger partial charge in [-0.15, -0.1) is 0 Å². The SMILES string of the molecule is CCC(C)NC(=O)C(CC)N(Cc1ccc(Cl)cc1)C(=O)Cc1c(Cl)cccc1Cl. The predicted molar refractivity (Wildman–Crippen MR) is 124 cm³/mol. The van der Waals surface area contributed by atoms with Crippen molar-refractivity contribution in [3.05, 3.63) is 68.7 Å². The first-order valence-electron chi connectivity index (χ1n) is 10.0. The van der Waals surface area contributed by atoms with Crippen molar-refractivity contribution in [2.45, 2.75) is 58.7 Å². The molecule has 4 nitrogen and oxygen atoms in total. The molecular formula is C23H27Cl3N2O2. The number of benzene rings is 2. The van der Waals surface area contributed by atoms with Crippen LogP contribution < -0.4 is 5.32 Å². The molecule has 2 aromatic carbocycles. The van der Waals surface area contributed by atoms with Crippen LogP contribution in [0.4, 0.5) is 0 Å². The number of halogens is 3. The summed E-state index contributed by atoms with van der Waals surface area (Å²) < 4.78 is 0. The highest BCUT2D eigenvalue weighted by Crippen LogP contribution is 2.26. The van der Waals surface area contributed by atoms with Crippen molar-refractivity contribution in [3.8, 4) is 0 Å². The van der Waals surface area contributed by atoms with Gasteiger partial charge in [0.2, 0.25) is 11.8 Å². The van der Waals surface area contributed by atoms with E-state index in [0.29, 0.717) is 27.1 Å². The summed E-state index contributed by atoms with van der Waals surface area (Å²) in [7, 11) is 0. The van der Waals surface area contributed by atoms with Gasteiger partial charge in [-0.1, -0.05) is 66.8 Å². The van der Waals surface area contributed by atoms with Crippen molar-refractivity contribution in [2.75, 3.05) is 0 Å². The van der Waals surface area contributed by atoms with Crippen molar-refractivity contribution in [1.82, 2.24) is 10.2 Å². The van der Waals surface area contributed by atoms with Gasteiger partial charge in [-0.3, -0.25) is 9.59 Å². The number of rotatable bonds is 9. The monoisotopic (exact) mass is 468 g/mol. The van der Waals surface area contributed by atoms with Crippen LogP contribution in [-0.2, 0) is 22.6 Å². The van der Waals surface area contributed by atoms with Crippen LogP contribution >= 0.6 is 34.8 Å². The molecule has 30 heavy (non-hydrogen) atoms. The van der Waals surface area contributed by atoms with Crippen molar-refractivity contribution in [1.29, 1.82) is 0 Å². The average molecular weight is 470 g/mol. The first-order chi connectivity index (χ1) is 14.3. The summed E-state index contributed by atoms with van der Waals surface area (Å²) >= 11 is 18.5. The van der Waals surface area contributed by atoms with Gasteiger partial charge in [-0.25, -0.2) is 0 Å². The molecule has 2 rings (SSSR count). The Morgan fingerprint density at radius 3 is 2.10 bits per heavy atom. The Bertz CT molecular complexity index is 851. The van der Waals surface area contributed by atoms with E-state index >= 15 is 0 Å². The van der Waals surface area contributed by atoms with Gasteiger partial charge in [0.05, 0.1) is 6.42 Å². The Morgan fingerprint density at radius 2 is 1.57 bits per heavy atom. The van der Waals surface area contributed by atoms with E-state index < -0.39 is 6.04 Å². The largest absolute Gasteiger partial charge is 0.352 e. The van der Waals surface area contributed by atoms with Crippen LogP contribution in [0.3, 0.4) is 0 Å². The minimum Gasteiger partial charge on any atom is -0.352 e. The highest BCUT2D eigenvalue weighted by atomic mass is 35.5. The quantitative estimate of drug-likeness (QED) is 0.496. The van der Waals surface area contributed by atoms with Crippen LogP contribution in [0.15, 0.2) is 42.5 Å². The molecule has 162 valence electrons. The first-order valence-corrected chi connectivity index (χ1v) is 11.2. The Labute approximate surface area is 193 Å². The summed E-state index contributed by atoms with van der Waals surface area (Å²) in [5, 5.41) is 4.46. The second kappa shape index (κ2) is 11.6. The maximum Gasteiger partial charge on any atom is 0.243 e. The second-order valence-corrected chi connectivity index (χ2v) is 8.52. The zero-order valence-electron chi connectivity index (χ0n) is 17.4. The van der Waals surface area contributed by atoms with Crippen molar-refractivity contribution >= 4 is 46.6 Å². The molecule has 0 radical (unpaired) electrons. The summed E-state index contributed by atoms with van der Waals surface area (Å²) in [6, 6.07) is 11.8. The Hall–Kier alpha value is -1.75. The molecule has 7 heteroatoms. The zero-order valence-corrected chi connectivity index (χ0v) is 19.7. The molecule has 2 aromatic rings. The molecular weight excluding hydrogens is 443 g/mol. The number of nitrogens with zero attached hydrogens (tertiary/aromatic N) is 1. The van der Waals surface area contributed by atoms with Crippen LogP contribution in [0.25, 0.3) is 0 Å². The molecule has 0 fully saturated rings. The second-order valence-electron chi connectivity index (χ2n) is 7.27. The van der Waals surface area contributed by atoms with E-state index in [-0.39, 0.29) is 30.8 Å². The molecule has 0 spiro atoms. The number of nitrogens with one attached hydrogen (secondary N) is 1. The maximum atomic E-state index is 13.4. The molecule has 0 bridgehead atoms. The van der Waals surface area contributed by atoms with Gasteiger partial charge < -0.3 is 10.2 Å². The van der Waals surface area contributed by atoms with Gasteiger partial charge in [-0.2, -0.15) is 0 Å². The van der Waals surface area contributed by atoms with E-state index in [9.17, 15) is 9.59 Å². The zero-order chi connectivity index (χ0) is 22.3. The summed E-state index contributed by atoms with van der Waals surface area (Å²) in [4.78, 5) is 27.9. The third-order valence-electron chi connectivity index (χ3n) is 5.04. The lowest BCUT2D eigenvalue weighted by Crippen LogP contribution is -2.51. The molecule has 0 saturated heterocycles. The fraction of sp³-hybridized carbons (Fsp3) is 0.391. The lowest BCUT2D eigenvalue weighted by atomic mass is 10.1. The molecule has 2 atom stereocenters. The maximum absolute atomic E-state index is 13.4. The van der Waals surface area contributed by atoms with E-state index in [1.54, 1.807) is 35.2 Å². The van der Waals surface area contributed by atoms with E-state index in [4.69, 9.17) is 34.8 Å². The number of carbonyl (C=O) groups excluding carboxylic acids is 2. The van der Waals surface area contributed by atoms with Gasteiger partial charge in [-0.05, 0) is 55.2 Å². The molecule has 1 N–H and O–H groups in total. The van der Waals surface area contributed by atoms with E-state index in [0.717, 1.165) is 12.0 Å². The minimum atomic E-state index is -0.608. The standard InChI is InChI=1S/C23H27Cl3N2O2/c1-4-15(3)27-23(30)21(5-2)28(14-16-9-11-17(24)12-10-16)22(29)13-18-19(25)7-6-8-20(18)26/h6-12,15,21H,4-5,13-14H2,1-3H3,(H,27,30). The lowest BCUT2D eigenvalue weighted by molar-refractivity contribution is -0.141. The van der Waals surface area contributed by atoms with Gasteiger partial charge in [0, 0.05) is 27.7 Å². The van der Waals surface area contributed by atoms with Crippen molar-refractivity contribution in [3.63, 3.8) is 0 Å². The molecule has 0 saturated carbocycles. The average Bonchev–Trinajstić information content (AvgIpc) is 2.71. The normalized spacial score (nSPS) is 12.9. The summed E-state index contributed by atoms with van der Waals surface area (Å²) in [6.45, 7) is 6.12. The number of hydrogen-bond acceptors (Lipinski definition) is 2. The number of carbonyl (C=O) groups is 2. The Kier molecular flexibility index (Phi) is 9.47. The van der Waals surface area contributed by atoms with E-state index in [1.165, 1.54) is 0 Å². The van der Waals surface area contributed by atoms with Gasteiger partial charge in [0.15, 0.2) is 0 Å². The summed E-state index contributed by atoms with van der Waals surface area (Å²) in [6.07, 6.45) is 1.31. The van der Waals surface area contributed by atoms with Gasteiger partial charge in [0.1, 0.15) is 6.04 Å². The Balaban J connectivity index is 2.34. The molecule has 0 heterocycles. The molecule has 0 aliphatic rings. The van der Waals surface area contributed by atoms with Crippen LogP contribution in [0.5, 0.6) is 0 Å². The fourth-order valence-electron chi connectivity index (χ4n) is 3.10. The summed E-state index contributed by atoms with van der Waals surface area (Å²) in [5.41, 5.74) is 1.44. The van der Waals surface area contributed by atoms with Crippen LogP contribution in [0, 0.1) is 0 Å². The summed E-state index contributed by atoms with van der Waals surface area (Å²) in [5.74, 6) is -0.384. The first kappa shape index (κ1) is 24.5. The third-order valence-corrected chi connectivity index (χ3v) is 6.00. The molecule has 2 amide bonds. The minimum absolute atomic E-state index is 0.0131. The molecule has 0 aromatic heterocycles.